The number of aromatic amines is 1. The molecule has 0 amide bonds. The van der Waals surface area contributed by atoms with Crippen LogP contribution in [0.25, 0.3) is 32.6 Å². The highest BCUT2D eigenvalue weighted by molar-refractivity contribution is 7.16. The number of pyridine rings is 1. The summed E-state index contributed by atoms with van der Waals surface area (Å²) in [6, 6.07) is 10.6. The maximum atomic E-state index is 15.6. The van der Waals surface area contributed by atoms with Gasteiger partial charge in [-0.3, -0.25) is 9.59 Å². The summed E-state index contributed by atoms with van der Waals surface area (Å²) in [5.41, 5.74) is 6.77. The van der Waals surface area contributed by atoms with Crippen LogP contribution < -0.4 is 5.56 Å². The third kappa shape index (κ3) is 3.51. The average Bonchev–Trinajstić information content (AvgIpc) is 3.31. The number of thiazole rings is 1. The van der Waals surface area contributed by atoms with E-state index in [0.717, 1.165) is 39.9 Å². The molecule has 6 nitrogen and oxygen atoms in total. The maximum absolute atomic E-state index is 15.6. The summed E-state index contributed by atoms with van der Waals surface area (Å²) in [6.07, 6.45) is 5.82. The van der Waals surface area contributed by atoms with Gasteiger partial charge in [0.25, 0.3) is 5.56 Å². The molecular formula is C30H22ClFN4O2S. The van der Waals surface area contributed by atoms with E-state index in [-0.39, 0.29) is 27.8 Å². The fourth-order valence-electron chi connectivity index (χ4n) is 6.56. The van der Waals surface area contributed by atoms with E-state index < -0.39 is 5.82 Å². The second-order valence-corrected chi connectivity index (χ2v) is 12.3. The smallest absolute Gasteiger partial charge is 0.252 e. The van der Waals surface area contributed by atoms with Gasteiger partial charge in [0, 0.05) is 40.4 Å². The lowest BCUT2D eigenvalue weighted by molar-refractivity contribution is 0.0953. The summed E-state index contributed by atoms with van der Waals surface area (Å²) in [4.78, 5) is 39.9. The van der Waals surface area contributed by atoms with Crippen LogP contribution in [0.2, 0.25) is 5.02 Å². The first-order valence-electron chi connectivity index (χ1n) is 13.1. The van der Waals surface area contributed by atoms with Gasteiger partial charge in [0.05, 0.1) is 38.7 Å². The number of nitrogens with one attached hydrogen (secondary N) is 1. The lowest BCUT2D eigenvalue weighted by atomic mass is 9.80. The fraction of sp³-hybridized carbons (Fsp3) is 0.267. The molecule has 5 aromatic rings. The number of Topliss-reactive ketones (excluding diaryl/α,β-unsaturated/α-hetero) is 1. The number of carbonyl (C=O) groups excluding carboxylic acids is 1. The summed E-state index contributed by atoms with van der Waals surface area (Å²) in [6.45, 7) is 0. The Balaban J connectivity index is 1.27. The molecule has 1 N–H and O–H groups in total. The van der Waals surface area contributed by atoms with Gasteiger partial charge < -0.3 is 9.55 Å². The number of benzene rings is 2. The number of carbonyl (C=O) groups is 1. The second kappa shape index (κ2) is 8.19. The Morgan fingerprint density at radius 1 is 1.08 bits per heavy atom. The molecule has 1 fully saturated rings. The monoisotopic (exact) mass is 556 g/mol. The average molecular weight is 557 g/mol. The Labute approximate surface area is 231 Å². The quantitative estimate of drug-likeness (QED) is 0.261. The molecule has 4 heterocycles. The van der Waals surface area contributed by atoms with Crippen molar-refractivity contribution in [1.82, 2.24) is 19.5 Å². The highest BCUT2D eigenvalue weighted by Gasteiger charge is 2.47. The van der Waals surface area contributed by atoms with Crippen LogP contribution in [0.1, 0.15) is 59.2 Å². The minimum absolute atomic E-state index is 0.00463. The fourth-order valence-corrected chi connectivity index (χ4v) is 7.38. The summed E-state index contributed by atoms with van der Waals surface area (Å²) in [5.74, 6) is 0.0805. The van der Waals surface area contributed by atoms with Crippen molar-refractivity contribution in [3.8, 4) is 22.4 Å². The minimum Gasteiger partial charge on any atom is -0.340 e. The highest BCUT2D eigenvalue weighted by atomic mass is 35.5. The molecule has 0 bridgehead atoms. The zero-order valence-corrected chi connectivity index (χ0v) is 22.3. The van der Waals surface area contributed by atoms with Crippen molar-refractivity contribution in [2.24, 2.45) is 5.41 Å². The third-order valence-electron chi connectivity index (χ3n) is 8.66. The van der Waals surface area contributed by atoms with Gasteiger partial charge in [0.2, 0.25) is 0 Å². The van der Waals surface area contributed by atoms with Crippen molar-refractivity contribution >= 4 is 38.9 Å². The Hall–Kier alpha value is -3.62. The first-order valence-corrected chi connectivity index (χ1v) is 14.3. The van der Waals surface area contributed by atoms with Crippen LogP contribution in [-0.4, -0.2) is 25.3 Å². The highest BCUT2D eigenvalue weighted by Crippen LogP contribution is 2.55. The summed E-state index contributed by atoms with van der Waals surface area (Å²) in [7, 11) is 0. The third-order valence-corrected chi connectivity index (χ3v) is 9.76. The Bertz CT molecular complexity index is 1920. The molecule has 0 radical (unpaired) electrons. The SMILES string of the molecule is O=C1CC2(CC2)Cc2ccc(Cl)c(F)c2-c2cc(=O)n3c(c21)CC[C@H]3c1ncc(-c2ccc3scnc3c2)[nH]1. The number of nitrogens with zero attached hydrogens (tertiary/aromatic N) is 3. The van der Waals surface area contributed by atoms with Gasteiger partial charge in [-0.1, -0.05) is 23.7 Å². The molecule has 3 aromatic heterocycles. The van der Waals surface area contributed by atoms with Gasteiger partial charge in [-0.2, -0.15) is 0 Å². The van der Waals surface area contributed by atoms with E-state index in [1.165, 1.54) is 6.07 Å². The van der Waals surface area contributed by atoms with Gasteiger partial charge in [-0.15, -0.1) is 11.3 Å². The van der Waals surface area contributed by atoms with Gasteiger partial charge in [-0.05, 0) is 61.3 Å². The molecule has 0 saturated heterocycles. The van der Waals surface area contributed by atoms with E-state index in [1.807, 2.05) is 29.8 Å². The number of hydrogen-bond acceptors (Lipinski definition) is 5. The number of aromatic nitrogens is 4. The lowest BCUT2D eigenvalue weighted by Crippen LogP contribution is -2.28. The van der Waals surface area contributed by atoms with Crippen LogP contribution >= 0.6 is 22.9 Å². The van der Waals surface area contributed by atoms with Crippen LogP contribution in [0.15, 0.2) is 52.9 Å². The molecule has 39 heavy (non-hydrogen) atoms. The van der Waals surface area contributed by atoms with E-state index >= 15 is 4.39 Å². The molecule has 0 unspecified atom stereocenters. The van der Waals surface area contributed by atoms with E-state index in [4.69, 9.17) is 11.6 Å². The second-order valence-electron chi connectivity index (χ2n) is 11.0. The molecule has 8 rings (SSSR count). The predicted octanol–water partition coefficient (Wildman–Crippen LogP) is 6.75. The van der Waals surface area contributed by atoms with Crippen molar-refractivity contribution in [1.29, 1.82) is 0 Å². The van der Waals surface area contributed by atoms with E-state index in [0.29, 0.717) is 53.9 Å². The molecular weight excluding hydrogens is 535 g/mol. The standard InChI is InChI=1S/C30H22ClFN4O2S/c31-18-3-1-16-11-30(7-8-30)12-23(37)27-17(26(16)28(18)32)10-25(38)36-21(27)4-5-22(36)29-33-13-20(35-29)15-2-6-24-19(9-15)34-14-39-24/h1-3,6,9-10,13-14,22H,4-5,7-8,11-12H2,(H,33,35)/t22-/m0/s1. The predicted molar refractivity (Wildman–Crippen MR) is 149 cm³/mol. The largest absolute Gasteiger partial charge is 0.340 e. The summed E-state index contributed by atoms with van der Waals surface area (Å²) in [5, 5.41) is -0.00463. The number of fused-ring (bicyclic) bond motifs is 6. The van der Waals surface area contributed by atoms with Gasteiger partial charge in [0.15, 0.2) is 5.78 Å². The number of H-pyrrole nitrogens is 1. The van der Waals surface area contributed by atoms with Crippen LogP contribution in [0, 0.1) is 11.2 Å². The Morgan fingerprint density at radius 2 is 1.95 bits per heavy atom. The first kappa shape index (κ1) is 23.3. The number of rotatable bonds is 2. The number of hydrogen-bond donors (Lipinski definition) is 1. The maximum Gasteiger partial charge on any atom is 0.252 e. The van der Waals surface area contributed by atoms with Crippen molar-refractivity contribution in [2.75, 3.05) is 0 Å². The first-order chi connectivity index (χ1) is 18.9. The van der Waals surface area contributed by atoms with Crippen LogP contribution in [0.4, 0.5) is 4.39 Å². The van der Waals surface area contributed by atoms with E-state index in [2.05, 4.69) is 15.0 Å². The summed E-state index contributed by atoms with van der Waals surface area (Å²) >= 11 is 7.80. The molecule has 3 aliphatic rings. The molecule has 1 saturated carbocycles. The van der Waals surface area contributed by atoms with Crippen molar-refractivity contribution in [3.05, 3.63) is 91.9 Å². The van der Waals surface area contributed by atoms with Crippen LogP contribution in [0.5, 0.6) is 0 Å². The van der Waals surface area contributed by atoms with Crippen LogP contribution in [0.3, 0.4) is 0 Å². The van der Waals surface area contributed by atoms with Crippen molar-refractivity contribution in [3.63, 3.8) is 0 Å². The summed E-state index contributed by atoms with van der Waals surface area (Å²) < 4.78 is 18.4. The normalized spacial score (nSPS) is 19.0. The zero-order valence-electron chi connectivity index (χ0n) is 20.8. The molecule has 1 spiro atoms. The number of imidazole rings is 1. The molecule has 194 valence electrons. The molecule has 1 aliphatic heterocycles. The zero-order chi connectivity index (χ0) is 26.5. The lowest BCUT2D eigenvalue weighted by Gasteiger charge is -2.25. The van der Waals surface area contributed by atoms with Gasteiger partial charge >= 0.3 is 0 Å². The Morgan fingerprint density at radius 3 is 2.79 bits per heavy atom. The van der Waals surface area contributed by atoms with Gasteiger partial charge in [0.1, 0.15) is 11.6 Å². The van der Waals surface area contributed by atoms with E-state index in [9.17, 15) is 9.59 Å². The van der Waals surface area contributed by atoms with Crippen molar-refractivity contribution < 1.29 is 9.18 Å². The van der Waals surface area contributed by atoms with E-state index in [1.54, 1.807) is 28.2 Å². The molecule has 1 atom stereocenters. The number of ketones is 1. The van der Waals surface area contributed by atoms with Crippen LogP contribution in [-0.2, 0) is 12.8 Å². The number of halogens is 2. The molecule has 9 heteroatoms. The van der Waals surface area contributed by atoms with Crippen molar-refractivity contribution in [2.45, 2.75) is 44.6 Å². The Kier molecular flexibility index (Phi) is 4.89. The topological polar surface area (TPSA) is 80.6 Å². The van der Waals surface area contributed by atoms with Gasteiger partial charge in [-0.25, -0.2) is 14.4 Å². The minimum atomic E-state index is -0.562. The molecule has 2 aromatic carbocycles. The molecule has 2 aliphatic carbocycles.